The van der Waals surface area contributed by atoms with E-state index in [0.29, 0.717) is 32.0 Å². The zero-order valence-electron chi connectivity index (χ0n) is 15.6. The van der Waals surface area contributed by atoms with Gasteiger partial charge in [0, 0.05) is 12.1 Å². The number of carbonyl (C=O) groups is 3. The lowest BCUT2D eigenvalue weighted by atomic mass is 10.1. The summed E-state index contributed by atoms with van der Waals surface area (Å²) in [6, 6.07) is 13.2. The van der Waals surface area contributed by atoms with Crippen molar-refractivity contribution in [3.05, 3.63) is 70.2 Å². The standard InChI is InChI=1S/C21H17ClN4O3S/c22-13-7-9-17(23-11-13)25-20(28)14-3-1-2-4-15(14)24-21(29)16-8-10-18(30-16)26-19(27)12-5-6-12/h1-4,7-12H,5-6H2,(H,24,29)(H,26,27)(H,23,25,28). The molecule has 0 spiro atoms. The van der Waals surface area contributed by atoms with Crippen molar-refractivity contribution in [2.75, 3.05) is 16.0 Å². The highest BCUT2D eigenvalue weighted by Crippen LogP contribution is 2.32. The summed E-state index contributed by atoms with van der Waals surface area (Å²) in [5, 5.41) is 9.34. The third-order valence-corrected chi connectivity index (χ3v) is 5.64. The Morgan fingerprint density at radius 2 is 1.73 bits per heavy atom. The lowest BCUT2D eigenvalue weighted by Crippen LogP contribution is -2.18. The summed E-state index contributed by atoms with van der Waals surface area (Å²) in [6.45, 7) is 0. The molecule has 2 aromatic heterocycles. The molecule has 1 fully saturated rings. The van der Waals surface area contributed by atoms with Gasteiger partial charge in [-0.3, -0.25) is 14.4 Å². The lowest BCUT2D eigenvalue weighted by molar-refractivity contribution is -0.117. The minimum atomic E-state index is -0.413. The Balaban J connectivity index is 1.45. The Kier molecular flexibility index (Phi) is 5.78. The number of hydrogen-bond donors (Lipinski definition) is 3. The highest BCUT2D eigenvalue weighted by Gasteiger charge is 2.30. The second-order valence-electron chi connectivity index (χ2n) is 6.74. The van der Waals surface area contributed by atoms with Gasteiger partial charge in [-0.2, -0.15) is 0 Å². The maximum atomic E-state index is 12.7. The van der Waals surface area contributed by atoms with Gasteiger partial charge < -0.3 is 16.0 Å². The number of para-hydroxylation sites is 1. The van der Waals surface area contributed by atoms with Crippen molar-refractivity contribution in [2.24, 2.45) is 5.92 Å². The maximum Gasteiger partial charge on any atom is 0.265 e. The molecular weight excluding hydrogens is 424 g/mol. The molecule has 0 unspecified atom stereocenters. The molecule has 0 aliphatic heterocycles. The fraction of sp³-hybridized carbons (Fsp3) is 0.143. The zero-order valence-corrected chi connectivity index (χ0v) is 17.2. The molecule has 3 amide bonds. The van der Waals surface area contributed by atoms with E-state index in [4.69, 9.17) is 11.6 Å². The van der Waals surface area contributed by atoms with E-state index in [9.17, 15) is 14.4 Å². The predicted octanol–water partition coefficient (Wildman–Crippen LogP) is 4.65. The van der Waals surface area contributed by atoms with Crippen molar-refractivity contribution >= 4 is 57.2 Å². The number of benzene rings is 1. The van der Waals surface area contributed by atoms with Gasteiger partial charge in [-0.05, 0) is 49.2 Å². The molecule has 0 bridgehead atoms. The third-order valence-electron chi connectivity index (χ3n) is 4.41. The molecule has 0 radical (unpaired) electrons. The molecule has 9 heteroatoms. The number of amides is 3. The van der Waals surface area contributed by atoms with Crippen molar-refractivity contribution in [1.82, 2.24) is 4.98 Å². The van der Waals surface area contributed by atoms with Crippen molar-refractivity contribution in [3.8, 4) is 0 Å². The van der Waals surface area contributed by atoms with E-state index in [1.54, 1.807) is 48.5 Å². The van der Waals surface area contributed by atoms with Gasteiger partial charge in [0.25, 0.3) is 11.8 Å². The maximum absolute atomic E-state index is 12.7. The van der Waals surface area contributed by atoms with E-state index < -0.39 is 5.91 Å². The number of aromatic nitrogens is 1. The zero-order chi connectivity index (χ0) is 21.1. The SMILES string of the molecule is O=C(Nc1ccccc1C(=O)Nc1ccc(Cl)cn1)c1ccc(NC(=O)C2CC2)s1. The molecule has 3 aromatic rings. The molecule has 1 aliphatic carbocycles. The van der Waals surface area contributed by atoms with Crippen molar-refractivity contribution in [3.63, 3.8) is 0 Å². The van der Waals surface area contributed by atoms with E-state index in [1.165, 1.54) is 17.5 Å². The highest BCUT2D eigenvalue weighted by atomic mass is 35.5. The second-order valence-corrected chi connectivity index (χ2v) is 8.26. The van der Waals surface area contributed by atoms with Gasteiger partial charge in [0.05, 0.1) is 26.2 Å². The van der Waals surface area contributed by atoms with E-state index >= 15 is 0 Å². The Bertz CT molecular complexity index is 1110. The van der Waals surface area contributed by atoms with E-state index in [0.717, 1.165) is 12.8 Å². The highest BCUT2D eigenvalue weighted by molar-refractivity contribution is 7.18. The van der Waals surface area contributed by atoms with Crippen LogP contribution in [0.15, 0.2) is 54.7 Å². The van der Waals surface area contributed by atoms with Crippen LogP contribution in [0.3, 0.4) is 0 Å². The average molecular weight is 441 g/mol. The van der Waals surface area contributed by atoms with E-state index in [1.807, 2.05) is 0 Å². The van der Waals surface area contributed by atoms with Crippen LogP contribution >= 0.6 is 22.9 Å². The summed E-state index contributed by atoms with van der Waals surface area (Å²) in [6.07, 6.45) is 3.26. The van der Waals surface area contributed by atoms with Crippen LogP contribution in [0.1, 0.15) is 32.9 Å². The fourth-order valence-electron chi connectivity index (χ4n) is 2.70. The molecule has 0 atom stereocenters. The Morgan fingerprint density at radius 3 is 2.47 bits per heavy atom. The molecule has 1 aliphatic rings. The summed E-state index contributed by atoms with van der Waals surface area (Å²) in [5.74, 6) is -0.354. The van der Waals surface area contributed by atoms with Crippen LogP contribution in [-0.4, -0.2) is 22.7 Å². The lowest BCUT2D eigenvalue weighted by Gasteiger charge is -2.10. The van der Waals surface area contributed by atoms with Gasteiger partial charge in [0.15, 0.2) is 0 Å². The molecule has 2 heterocycles. The summed E-state index contributed by atoms with van der Waals surface area (Å²) in [4.78, 5) is 41.6. The number of anilines is 3. The van der Waals surface area contributed by atoms with Crippen molar-refractivity contribution < 1.29 is 14.4 Å². The molecule has 1 saturated carbocycles. The molecule has 30 heavy (non-hydrogen) atoms. The smallest absolute Gasteiger partial charge is 0.265 e. The van der Waals surface area contributed by atoms with Gasteiger partial charge in [-0.1, -0.05) is 23.7 Å². The summed E-state index contributed by atoms with van der Waals surface area (Å²) < 4.78 is 0. The Labute approximate surface area is 181 Å². The molecule has 4 rings (SSSR count). The fourth-order valence-corrected chi connectivity index (χ4v) is 3.62. The van der Waals surface area contributed by atoms with Gasteiger partial charge in [-0.15, -0.1) is 11.3 Å². The number of pyridine rings is 1. The number of thiophene rings is 1. The first-order chi connectivity index (χ1) is 14.5. The largest absolute Gasteiger partial charge is 0.321 e. The number of nitrogens with one attached hydrogen (secondary N) is 3. The van der Waals surface area contributed by atoms with Crippen LogP contribution in [0.25, 0.3) is 0 Å². The minimum Gasteiger partial charge on any atom is -0.321 e. The number of carbonyl (C=O) groups excluding carboxylic acids is 3. The first-order valence-electron chi connectivity index (χ1n) is 9.23. The van der Waals surface area contributed by atoms with E-state index in [2.05, 4.69) is 20.9 Å². The normalized spacial score (nSPS) is 12.8. The molecular formula is C21H17ClN4O3S. The van der Waals surface area contributed by atoms with Crippen LogP contribution in [0.5, 0.6) is 0 Å². The molecule has 7 nitrogen and oxygen atoms in total. The van der Waals surface area contributed by atoms with E-state index in [-0.39, 0.29) is 17.7 Å². The number of halogens is 1. The molecule has 3 N–H and O–H groups in total. The van der Waals surface area contributed by atoms with Gasteiger partial charge >= 0.3 is 0 Å². The summed E-state index contributed by atoms with van der Waals surface area (Å²) in [5.41, 5.74) is 0.660. The van der Waals surface area contributed by atoms with Gasteiger partial charge in [-0.25, -0.2) is 4.98 Å². The number of nitrogens with zero attached hydrogens (tertiary/aromatic N) is 1. The van der Waals surface area contributed by atoms with Crippen LogP contribution < -0.4 is 16.0 Å². The predicted molar refractivity (Wildman–Crippen MR) is 117 cm³/mol. The number of rotatable bonds is 6. The van der Waals surface area contributed by atoms with Gasteiger partial charge in [0.1, 0.15) is 5.82 Å². The first-order valence-corrected chi connectivity index (χ1v) is 10.4. The van der Waals surface area contributed by atoms with Crippen LogP contribution in [0.2, 0.25) is 5.02 Å². The molecule has 0 saturated heterocycles. The quantitative estimate of drug-likeness (QED) is 0.519. The van der Waals surface area contributed by atoms with Crippen molar-refractivity contribution in [2.45, 2.75) is 12.8 Å². The Hall–Kier alpha value is -3.23. The Morgan fingerprint density at radius 1 is 0.933 bits per heavy atom. The van der Waals surface area contributed by atoms with Crippen LogP contribution in [-0.2, 0) is 4.79 Å². The topological polar surface area (TPSA) is 100 Å². The molecule has 152 valence electrons. The minimum absolute atomic E-state index is 0.0124. The third kappa shape index (κ3) is 4.84. The second kappa shape index (κ2) is 8.64. The molecule has 1 aromatic carbocycles. The summed E-state index contributed by atoms with van der Waals surface area (Å²) in [7, 11) is 0. The monoisotopic (exact) mass is 440 g/mol. The average Bonchev–Trinajstić information content (AvgIpc) is 3.49. The van der Waals surface area contributed by atoms with Crippen LogP contribution in [0.4, 0.5) is 16.5 Å². The van der Waals surface area contributed by atoms with Crippen molar-refractivity contribution in [1.29, 1.82) is 0 Å². The first kappa shape index (κ1) is 20.1. The number of hydrogen-bond acceptors (Lipinski definition) is 5. The van der Waals surface area contributed by atoms with Crippen LogP contribution in [0, 0.1) is 5.92 Å². The van der Waals surface area contributed by atoms with Gasteiger partial charge in [0.2, 0.25) is 5.91 Å². The summed E-state index contributed by atoms with van der Waals surface area (Å²) >= 11 is 6.99.